The van der Waals surface area contributed by atoms with Crippen LogP contribution in [0, 0.1) is 5.82 Å². The van der Waals surface area contributed by atoms with Gasteiger partial charge >= 0.3 is 11.8 Å². The molecule has 1 saturated heterocycles. The van der Waals surface area contributed by atoms with E-state index in [1.165, 1.54) is 13.2 Å². The summed E-state index contributed by atoms with van der Waals surface area (Å²) in [6.07, 6.45) is 3.45. The van der Waals surface area contributed by atoms with Gasteiger partial charge in [-0.1, -0.05) is 24.3 Å². The Morgan fingerprint density at radius 2 is 1.83 bits per heavy atom. The molecule has 35 heavy (non-hydrogen) atoms. The minimum absolute atomic E-state index is 0.181. The number of hydrogen-bond acceptors (Lipinski definition) is 6. The zero-order valence-corrected chi connectivity index (χ0v) is 19.5. The Kier molecular flexibility index (Phi) is 7.89. The van der Waals surface area contributed by atoms with E-state index in [1.54, 1.807) is 48.8 Å². The van der Waals surface area contributed by atoms with E-state index in [9.17, 15) is 14.0 Å². The summed E-state index contributed by atoms with van der Waals surface area (Å²) in [7, 11) is 1.53. The molecule has 1 aliphatic heterocycles. The van der Waals surface area contributed by atoms with E-state index in [0.717, 1.165) is 5.56 Å². The number of aromatic nitrogens is 1. The fourth-order valence-electron chi connectivity index (χ4n) is 4.17. The number of carbonyl (C=O) groups excluding carboxylic acids is 2. The SMILES string of the molecule is COc1cccc(NC(=O)C(=O)NC[C@H](c2cccnc2)N2CCN(c3ccccc3F)CC2)c1. The van der Waals surface area contributed by atoms with Gasteiger partial charge in [0.25, 0.3) is 0 Å². The Hall–Kier alpha value is -3.98. The van der Waals surface area contributed by atoms with Crippen LogP contribution in [0.25, 0.3) is 0 Å². The van der Waals surface area contributed by atoms with Gasteiger partial charge in [-0.3, -0.25) is 19.5 Å². The number of ether oxygens (including phenoxy) is 1. The molecule has 2 N–H and O–H groups in total. The maximum atomic E-state index is 14.2. The smallest absolute Gasteiger partial charge is 0.313 e. The van der Waals surface area contributed by atoms with Crippen LogP contribution in [0.5, 0.6) is 5.75 Å². The number of hydrogen-bond donors (Lipinski definition) is 2. The first-order valence-corrected chi connectivity index (χ1v) is 11.4. The van der Waals surface area contributed by atoms with Gasteiger partial charge in [-0.15, -0.1) is 0 Å². The van der Waals surface area contributed by atoms with Crippen molar-refractivity contribution in [2.24, 2.45) is 0 Å². The fraction of sp³-hybridized carbons (Fsp3) is 0.269. The molecule has 8 nitrogen and oxygen atoms in total. The summed E-state index contributed by atoms with van der Waals surface area (Å²) in [5, 5.41) is 5.34. The Morgan fingerprint density at radius 3 is 2.54 bits per heavy atom. The van der Waals surface area contributed by atoms with Crippen LogP contribution in [0.4, 0.5) is 15.8 Å². The lowest BCUT2D eigenvalue weighted by molar-refractivity contribution is -0.136. The number of benzene rings is 2. The highest BCUT2D eigenvalue weighted by molar-refractivity contribution is 6.39. The summed E-state index contributed by atoms with van der Waals surface area (Å²) in [5.74, 6) is -1.15. The van der Waals surface area contributed by atoms with Crippen molar-refractivity contribution >= 4 is 23.2 Å². The minimum atomic E-state index is -0.757. The van der Waals surface area contributed by atoms with E-state index >= 15 is 0 Å². The maximum Gasteiger partial charge on any atom is 0.313 e. The van der Waals surface area contributed by atoms with Crippen LogP contribution in [0.3, 0.4) is 0 Å². The number of halogens is 1. The number of amides is 2. The molecule has 3 aromatic rings. The number of anilines is 2. The molecular formula is C26H28FN5O3. The molecule has 0 spiro atoms. The van der Waals surface area contributed by atoms with Gasteiger partial charge < -0.3 is 20.3 Å². The molecule has 1 aliphatic rings. The summed E-state index contributed by atoms with van der Waals surface area (Å²) >= 11 is 0. The predicted octanol–water partition coefficient (Wildman–Crippen LogP) is 2.85. The van der Waals surface area contributed by atoms with Gasteiger partial charge in [-0.2, -0.15) is 0 Å². The van der Waals surface area contributed by atoms with Crippen LogP contribution in [0.2, 0.25) is 0 Å². The molecule has 0 unspecified atom stereocenters. The fourth-order valence-corrected chi connectivity index (χ4v) is 4.17. The van der Waals surface area contributed by atoms with Gasteiger partial charge in [0, 0.05) is 56.9 Å². The average Bonchev–Trinajstić information content (AvgIpc) is 2.90. The Bertz CT molecular complexity index is 1150. The molecule has 0 bridgehead atoms. The van der Waals surface area contributed by atoms with E-state index in [4.69, 9.17) is 4.74 Å². The third-order valence-corrected chi connectivity index (χ3v) is 6.01. The molecule has 0 saturated carbocycles. The second-order valence-electron chi connectivity index (χ2n) is 8.17. The molecule has 2 heterocycles. The summed E-state index contributed by atoms with van der Waals surface area (Å²) < 4.78 is 19.4. The molecule has 1 aromatic heterocycles. The first-order valence-electron chi connectivity index (χ1n) is 11.4. The van der Waals surface area contributed by atoms with E-state index in [0.29, 0.717) is 43.3 Å². The molecule has 2 amide bonds. The molecule has 9 heteroatoms. The van der Waals surface area contributed by atoms with Crippen LogP contribution in [-0.2, 0) is 9.59 Å². The third kappa shape index (κ3) is 6.13. The molecule has 182 valence electrons. The van der Waals surface area contributed by atoms with Crippen LogP contribution in [0.15, 0.2) is 73.1 Å². The van der Waals surface area contributed by atoms with Crippen molar-refractivity contribution in [3.63, 3.8) is 0 Å². The summed E-state index contributed by atoms with van der Waals surface area (Å²) in [5.41, 5.74) is 1.99. The standard InChI is InChI=1S/C26H28FN5O3/c1-35-21-8-4-7-20(16-21)30-26(34)25(33)29-18-24(19-6-5-11-28-17-19)32-14-12-31(13-15-32)23-10-3-2-9-22(23)27/h2-11,16-17,24H,12-15,18H2,1H3,(H,29,33)(H,30,34)/t24-/m1/s1. The summed E-state index contributed by atoms with van der Waals surface area (Å²) in [6, 6.07) is 17.2. The predicted molar refractivity (Wildman–Crippen MR) is 132 cm³/mol. The van der Waals surface area contributed by atoms with Gasteiger partial charge in [-0.05, 0) is 35.9 Å². The number of rotatable bonds is 7. The lowest BCUT2D eigenvalue weighted by atomic mass is 10.1. The largest absolute Gasteiger partial charge is 0.497 e. The van der Waals surface area contributed by atoms with Crippen LogP contribution in [-0.4, -0.2) is 61.5 Å². The molecule has 2 aromatic carbocycles. The molecule has 0 radical (unpaired) electrons. The van der Waals surface area contributed by atoms with Crippen LogP contribution >= 0.6 is 0 Å². The first kappa shape index (κ1) is 24.2. The summed E-state index contributed by atoms with van der Waals surface area (Å²) in [4.78, 5) is 33.4. The zero-order valence-electron chi connectivity index (χ0n) is 19.5. The van der Waals surface area contributed by atoms with Crippen molar-refractivity contribution in [3.05, 3.63) is 84.4 Å². The highest BCUT2D eigenvalue weighted by Gasteiger charge is 2.27. The second-order valence-corrected chi connectivity index (χ2v) is 8.17. The van der Waals surface area contributed by atoms with Gasteiger partial charge in [0.15, 0.2) is 0 Å². The molecule has 0 aliphatic carbocycles. The number of methoxy groups -OCH3 is 1. The van der Waals surface area contributed by atoms with Gasteiger partial charge in [0.1, 0.15) is 11.6 Å². The quantitative estimate of drug-likeness (QED) is 0.509. The summed E-state index contributed by atoms with van der Waals surface area (Å²) in [6.45, 7) is 2.85. The number of piperazine rings is 1. The molecule has 4 rings (SSSR count). The van der Waals surface area contributed by atoms with Gasteiger partial charge in [0.05, 0.1) is 18.8 Å². The third-order valence-electron chi connectivity index (χ3n) is 6.01. The van der Waals surface area contributed by atoms with E-state index in [2.05, 4.69) is 20.5 Å². The van der Waals surface area contributed by atoms with Gasteiger partial charge in [-0.25, -0.2) is 4.39 Å². The van der Waals surface area contributed by atoms with Crippen molar-refractivity contribution in [3.8, 4) is 5.75 Å². The van der Waals surface area contributed by atoms with Crippen molar-refractivity contribution in [2.75, 3.05) is 50.1 Å². The lowest BCUT2D eigenvalue weighted by Crippen LogP contribution is -2.50. The van der Waals surface area contributed by atoms with Crippen molar-refractivity contribution in [2.45, 2.75) is 6.04 Å². The number of pyridine rings is 1. The zero-order chi connectivity index (χ0) is 24.6. The molecular weight excluding hydrogens is 449 g/mol. The first-order chi connectivity index (χ1) is 17.0. The number of nitrogens with one attached hydrogen (secondary N) is 2. The van der Waals surface area contributed by atoms with Crippen molar-refractivity contribution in [1.82, 2.24) is 15.2 Å². The van der Waals surface area contributed by atoms with Crippen LogP contribution < -0.4 is 20.3 Å². The number of nitrogens with zero attached hydrogens (tertiary/aromatic N) is 3. The number of para-hydroxylation sites is 1. The molecule has 1 fully saturated rings. The van der Waals surface area contributed by atoms with E-state index < -0.39 is 11.8 Å². The van der Waals surface area contributed by atoms with Gasteiger partial charge in [0.2, 0.25) is 0 Å². The Balaban J connectivity index is 1.39. The highest BCUT2D eigenvalue weighted by atomic mass is 19.1. The minimum Gasteiger partial charge on any atom is -0.497 e. The number of carbonyl (C=O) groups is 2. The lowest BCUT2D eigenvalue weighted by Gasteiger charge is -2.40. The van der Waals surface area contributed by atoms with Crippen LogP contribution in [0.1, 0.15) is 11.6 Å². The Labute approximate surface area is 203 Å². The second kappa shape index (κ2) is 11.4. The van der Waals surface area contributed by atoms with E-state index in [-0.39, 0.29) is 18.4 Å². The monoisotopic (exact) mass is 477 g/mol. The van der Waals surface area contributed by atoms with E-state index in [1.807, 2.05) is 23.1 Å². The molecule has 1 atom stereocenters. The highest BCUT2D eigenvalue weighted by Crippen LogP contribution is 2.25. The normalized spacial score (nSPS) is 14.7. The topological polar surface area (TPSA) is 86.8 Å². The maximum absolute atomic E-state index is 14.2. The average molecular weight is 478 g/mol. The van der Waals surface area contributed by atoms with Crippen molar-refractivity contribution in [1.29, 1.82) is 0 Å². The van der Waals surface area contributed by atoms with Crippen molar-refractivity contribution < 1.29 is 18.7 Å². The Morgan fingerprint density at radius 1 is 1.03 bits per heavy atom.